The molecule has 5 atom stereocenters. The maximum absolute atomic E-state index is 13.5. The van der Waals surface area contributed by atoms with Crippen LogP contribution in [-0.4, -0.2) is 69.1 Å². The number of amides is 3. The number of benzene rings is 2. The Hall–Kier alpha value is -4.45. The van der Waals surface area contributed by atoms with Gasteiger partial charge in [0.25, 0.3) is 0 Å². The van der Waals surface area contributed by atoms with Crippen LogP contribution in [0.2, 0.25) is 0 Å². The maximum atomic E-state index is 13.5. The van der Waals surface area contributed by atoms with E-state index in [9.17, 15) is 34.2 Å². The van der Waals surface area contributed by atoms with Crippen LogP contribution in [0.15, 0.2) is 54.6 Å². The Morgan fingerprint density at radius 1 is 0.775 bits per heavy atom. The second-order valence-corrected chi connectivity index (χ2v) is 9.60. The zero-order valence-corrected chi connectivity index (χ0v) is 22.4. The lowest BCUT2D eigenvalue weighted by molar-refractivity contribution is -0.143. The third kappa shape index (κ3) is 10.0. The van der Waals surface area contributed by atoms with Gasteiger partial charge in [-0.15, -0.1) is 0 Å². The highest BCUT2D eigenvalue weighted by atomic mass is 16.4. The lowest BCUT2D eigenvalue weighted by Crippen LogP contribution is -2.58. The molecule has 3 amide bonds. The van der Waals surface area contributed by atoms with Crippen LogP contribution in [0.5, 0.6) is 5.75 Å². The van der Waals surface area contributed by atoms with Crippen LogP contribution >= 0.6 is 0 Å². The van der Waals surface area contributed by atoms with Crippen molar-refractivity contribution in [2.45, 2.75) is 63.7 Å². The lowest BCUT2D eigenvalue weighted by Gasteiger charge is -2.26. The number of aliphatic carboxylic acids is 2. The van der Waals surface area contributed by atoms with Crippen molar-refractivity contribution in [2.75, 3.05) is 0 Å². The average molecular weight is 557 g/mol. The fraction of sp³-hybridized carbons (Fsp3) is 0.393. The van der Waals surface area contributed by atoms with Gasteiger partial charge in [-0.05, 0) is 29.2 Å². The van der Waals surface area contributed by atoms with E-state index in [1.54, 1.807) is 56.3 Å². The van der Waals surface area contributed by atoms with Gasteiger partial charge >= 0.3 is 11.9 Å². The van der Waals surface area contributed by atoms with E-state index in [-0.39, 0.29) is 18.6 Å². The highest BCUT2D eigenvalue weighted by Gasteiger charge is 2.32. The summed E-state index contributed by atoms with van der Waals surface area (Å²) < 4.78 is 0. The highest BCUT2D eigenvalue weighted by Crippen LogP contribution is 2.14. The molecule has 12 nitrogen and oxygen atoms in total. The number of phenolic OH excluding ortho intramolecular Hbond substituents is 1. The first-order chi connectivity index (χ1) is 18.9. The topological polar surface area (TPSA) is 208 Å². The minimum atomic E-state index is -1.41. The molecule has 5 unspecified atom stereocenters. The molecule has 0 saturated heterocycles. The Kier molecular flexibility index (Phi) is 12.1. The highest BCUT2D eigenvalue weighted by molar-refractivity contribution is 5.95. The fourth-order valence-corrected chi connectivity index (χ4v) is 3.90. The number of carbonyl (C=O) groups excluding carboxylic acids is 3. The molecule has 0 aliphatic carbocycles. The summed E-state index contributed by atoms with van der Waals surface area (Å²) >= 11 is 0. The van der Waals surface area contributed by atoms with E-state index in [1.165, 1.54) is 12.1 Å². The number of nitrogens with two attached hydrogens (primary N) is 1. The van der Waals surface area contributed by atoms with Gasteiger partial charge in [-0.1, -0.05) is 62.7 Å². The van der Waals surface area contributed by atoms with Gasteiger partial charge in [-0.3, -0.25) is 19.2 Å². The second kappa shape index (κ2) is 15.2. The normalized spacial score (nSPS) is 14.6. The third-order valence-electron chi connectivity index (χ3n) is 6.43. The SMILES string of the molecule is CCC(C)C(NC(=O)C(Cc1ccc(O)cc1)NC(=O)C(Cc1ccccc1)NC(=O)C(N)CC(=O)O)C(=O)O. The van der Waals surface area contributed by atoms with Gasteiger partial charge in [0.2, 0.25) is 17.7 Å². The summed E-state index contributed by atoms with van der Waals surface area (Å²) in [6.45, 7) is 3.47. The van der Waals surface area contributed by atoms with Crippen molar-refractivity contribution in [3.63, 3.8) is 0 Å². The zero-order valence-electron chi connectivity index (χ0n) is 22.4. The number of hydrogen-bond donors (Lipinski definition) is 7. The van der Waals surface area contributed by atoms with Crippen molar-refractivity contribution < 1.29 is 39.3 Å². The standard InChI is InChI=1S/C28H36N4O8/c1-3-16(2)24(28(39)40)32-27(38)22(14-18-9-11-19(33)12-10-18)31-26(37)21(13-17-7-5-4-6-8-17)30-25(36)20(29)15-23(34)35/h4-12,16,20-22,24,33H,3,13-15,29H2,1-2H3,(H,30,36)(H,31,37)(H,32,38)(H,34,35)(H,39,40). The van der Waals surface area contributed by atoms with Crippen molar-refractivity contribution >= 4 is 29.7 Å². The van der Waals surface area contributed by atoms with Gasteiger partial charge in [0.05, 0.1) is 12.5 Å². The first-order valence-electron chi connectivity index (χ1n) is 12.8. The molecule has 0 bridgehead atoms. The molecule has 8 N–H and O–H groups in total. The predicted octanol–water partition coefficient (Wildman–Crippen LogP) is 0.565. The Morgan fingerprint density at radius 2 is 1.27 bits per heavy atom. The molecular weight excluding hydrogens is 520 g/mol. The maximum Gasteiger partial charge on any atom is 0.326 e. The second-order valence-electron chi connectivity index (χ2n) is 9.60. The smallest absolute Gasteiger partial charge is 0.326 e. The molecule has 2 aromatic carbocycles. The van der Waals surface area contributed by atoms with Crippen LogP contribution in [0.25, 0.3) is 0 Å². The largest absolute Gasteiger partial charge is 0.508 e. The summed E-state index contributed by atoms with van der Waals surface area (Å²) in [4.78, 5) is 62.2. The van der Waals surface area contributed by atoms with Crippen LogP contribution in [0.4, 0.5) is 0 Å². The van der Waals surface area contributed by atoms with Gasteiger partial charge in [0.15, 0.2) is 0 Å². The molecule has 216 valence electrons. The van der Waals surface area contributed by atoms with Gasteiger partial charge in [-0.25, -0.2) is 4.79 Å². The first kappa shape index (κ1) is 31.8. The molecular formula is C28H36N4O8. The molecule has 0 saturated carbocycles. The molecule has 0 aromatic heterocycles. The van der Waals surface area contributed by atoms with Crippen molar-refractivity contribution in [1.82, 2.24) is 16.0 Å². The number of hydrogen-bond acceptors (Lipinski definition) is 7. The molecule has 0 aliphatic rings. The summed E-state index contributed by atoms with van der Waals surface area (Å²) in [7, 11) is 0. The molecule has 0 spiro atoms. The third-order valence-corrected chi connectivity index (χ3v) is 6.43. The van der Waals surface area contributed by atoms with Crippen LogP contribution in [0.1, 0.15) is 37.8 Å². The van der Waals surface area contributed by atoms with E-state index in [4.69, 9.17) is 10.8 Å². The van der Waals surface area contributed by atoms with Crippen LogP contribution in [0, 0.1) is 5.92 Å². The van der Waals surface area contributed by atoms with Gasteiger partial charge in [0.1, 0.15) is 23.9 Å². The quantitative estimate of drug-likeness (QED) is 0.163. The number of carbonyl (C=O) groups is 5. The fourth-order valence-electron chi connectivity index (χ4n) is 3.90. The molecule has 40 heavy (non-hydrogen) atoms. The minimum Gasteiger partial charge on any atom is -0.508 e. The van der Waals surface area contributed by atoms with E-state index < -0.39 is 66.2 Å². The average Bonchev–Trinajstić information content (AvgIpc) is 2.91. The molecule has 0 fully saturated rings. The number of nitrogens with one attached hydrogen (secondary N) is 3. The number of aromatic hydroxyl groups is 1. The monoisotopic (exact) mass is 556 g/mol. The van der Waals surface area contributed by atoms with E-state index in [1.807, 2.05) is 0 Å². The van der Waals surface area contributed by atoms with Crippen LogP contribution < -0.4 is 21.7 Å². The van der Waals surface area contributed by atoms with Crippen molar-refractivity contribution in [3.05, 3.63) is 65.7 Å². The number of carboxylic acid groups (broad SMARTS) is 2. The molecule has 12 heteroatoms. The molecule has 0 heterocycles. The summed E-state index contributed by atoms with van der Waals surface area (Å²) in [5.41, 5.74) is 6.93. The van der Waals surface area contributed by atoms with Crippen molar-refractivity contribution in [2.24, 2.45) is 11.7 Å². The molecule has 2 rings (SSSR count). The lowest BCUT2D eigenvalue weighted by atomic mass is 9.97. The van der Waals surface area contributed by atoms with Gasteiger partial charge in [0, 0.05) is 12.8 Å². The molecule has 2 aromatic rings. The first-order valence-corrected chi connectivity index (χ1v) is 12.8. The Bertz CT molecular complexity index is 1170. The minimum absolute atomic E-state index is 0.000152. The predicted molar refractivity (Wildman–Crippen MR) is 145 cm³/mol. The Labute approximate surface area is 232 Å². The van der Waals surface area contributed by atoms with Crippen molar-refractivity contribution in [1.29, 1.82) is 0 Å². The van der Waals surface area contributed by atoms with Gasteiger partial charge < -0.3 is 37.0 Å². The number of carboxylic acids is 2. The van der Waals surface area contributed by atoms with E-state index >= 15 is 0 Å². The summed E-state index contributed by atoms with van der Waals surface area (Å²) in [6, 6.07) is 9.56. The van der Waals surface area contributed by atoms with E-state index in [0.717, 1.165) is 0 Å². The van der Waals surface area contributed by atoms with Crippen molar-refractivity contribution in [3.8, 4) is 5.75 Å². The summed E-state index contributed by atoms with van der Waals surface area (Å²) in [6.07, 6.45) is -0.205. The number of phenols is 1. The van der Waals surface area contributed by atoms with Crippen LogP contribution in [0.3, 0.4) is 0 Å². The summed E-state index contributed by atoms with van der Waals surface area (Å²) in [5, 5.41) is 35.8. The Morgan fingerprint density at radius 3 is 1.77 bits per heavy atom. The van der Waals surface area contributed by atoms with Gasteiger partial charge in [-0.2, -0.15) is 0 Å². The van der Waals surface area contributed by atoms with E-state index in [0.29, 0.717) is 17.5 Å². The summed E-state index contributed by atoms with van der Waals surface area (Å²) in [5.74, 6) is -5.27. The van der Waals surface area contributed by atoms with E-state index in [2.05, 4.69) is 16.0 Å². The molecule has 0 radical (unpaired) electrons. The van der Waals surface area contributed by atoms with Crippen LogP contribution in [-0.2, 0) is 36.8 Å². The molecule has 0 aliphatic heterocycles. The zero-order chi connectivity index (χ0) is 29.8. The number of rotatable bonds is 15. The Balaban J connectivity index is 2.34.